The van der Waals surface area contributed by atoms with E-state index >= 15 is 0 Å². The number of rotatable bonds is 6. The molecule has 3 aromatic rings. The van der Waals surface area contributed by atoms with Crippen LogP contribution in [0, 0.1) is 0 Å². The second-order valence-corrected chi connectivity index (χ2v) is 7.65. The number of hydrogen-bond donors (Lipinski definition) is 3. The van der Waals surface area contributed by atoms with Crippen molar-refractivity contribution in [2.75, 3.05) is 11.9 Å². The van der Waals surface area contributed by atoms with E-state index in [2.05, 4.69) is 15.3 Å². The Morgan fingerprint density at radius 3 is 2.72 bits per heavy atom. The molecule has 0 spiro atoms. The minimum Gasteiger partial charge on any atom is -0.478 e. The Labute approximate surface area is 170 Å². The minimum absolute atomic E-state index is 0.105. The molecule has 1 atom stereocenters. The number of aliphatic hydroxyl groups excluding tert-OH is 1. The van der Waals surface area contributed by atoms with Crippen molar-refractivity contribution in [2.45, 2.75) is 19.1 Å². The van der Waals surface area contributed by atoms with E-state index in [0.717, 1.165) is 38.4 Å². The van der Waals surface area contributed by atoms with Gasteiger partial charge in [0.2, 0.25) is 5.91 Å². The van der Waals surface area contributed by atoms with Gasteiger partial charge >= 0.3 is 5.97 Å². The molecule has 0 bridgehead atoms. The van der Waals surface area contributed by atoms with Crippen LogP contribution in [-0.2, 0) is 22.7 Å². The number of nitrogens with zero attached hydrogens (tertiary/aromatic N) is 3. The van der Waals surface area contributed by atoms with Crippen molar-refractivity contribution >= 4 is 39.2 Å². The molecule has 1 unspecified atom stereocenters. The first kappa shape index (κ1) is 19.0. The summed E-state index contributed by atoms with van der Waals surface area (Å²) in [4.78, 5) is 35.0. The summed E-state index contributed by atoms with van der Waals surface area (Å²) in [5, 5.41) is 22.7. The Morgan fingerprint density at radius 2 is 2.00 bits per heavy atom. The predicted molar refractivity (Wildman–Crippen MR) is 108 cm³/mol. The smallest absolute Gasteiger partial charge is 0.328 e. The topological polar surface area (TPSA) is 116 Å². The third-order valence-corrected chi connectivity index (χ3v) is 5.85. The summed E-state index contributed by atoms with van der Waals surface area (Å²) in [6.45, 7) is 0.655. The highest BCUT2D eigenvalue weighted by Crippen LogP contribution is 2.40. The molecule has 3 heterocycles. The predicted octanol–water partition coefficient (Wildman–Crippen LogP) is 2.32. The lowest BCUT2D eigenvalue weighted by atomic mass is 10.1. The summed E-state index contributed by atoms with van der Waals surface area (Å²) in [6, 6.07) is 9.26. The molecule has 4 rings (SSSR count). The van der Waals surface area contributed by atoms with E-state index in [-0.39, 0.29) is 18.6 Å². The largest absolute Gasteiger partial charge is 0.478 e. The number of anilines is 1. The highest BCUT2D eigenvalue weighted by molar-refractivity contribution is 7.19. The molecule has 1 aromatic carbocycles. The molecule has 148 valence electrons. The highest BCUT2D eigenvalue weighted by atomic mass is 32.1. The number of aliphatic carboxylic acids is 1. The van der Waals surface area contributed by atoms with Gasteiger partial charge in [-0.15, -0.1) is 11.3 Å². The summed E-state index contributed by atoms with van der Waals surface area (Å²) in [5.74, 6) is -0.910. The normalized spacial score (nSPS) is 14.3. The lowest BCUT2D eigenvalue weighted by Crippen LogP contribution is -2.23. The number of carbonyl (C=O) groups is 2. The molecular weight excluding hydrogens is 392 g/mol. The SMILES string of the molecule is O=C(O)C=CC(=O)N1Cc2sc3ncnc(NC(CO)c4ccccc4)c3c2C1. The number of benzene rings is 1. The summed E-state index contributed by atoms with van der Waals surface area (Å²) in [6.07, 6.45) is 3.39. The number of carboxylic acids is 1. The van der Waals surface area contributed by atoms with Crippen LogP contribution in [0.15, 0.2) is 48.8 Å². The standard InChI is InChI=1S/C20H18N4O4S/c25-10-14(12-4-2-1-3-5-12)23-19-18-13-8-24(16(26)6-7-17(27)28)9-15(13)29-20(18)22-11-21-19/h1-7,11,14,25H,8-10H2,(H,27,28)(H,21,22,23). The fourth-order valence-electron chi connectivity index (χ4n) is 3.35. The van der Waals surface area contributed by atoms with Crippen molar-refractivity contribution < 1.29 is 19.8 Å². The van der Waals surface area contributed by atoms with Gasteiger partial charge in [-0.05, 0) is 5.56 Å². The summed E-state index contributed by atoms with van der Waals surface area (Å²) < 4.78 is 0. The van der Waals surface area contributed by atoms with Gasteiger partial charge in [-0.2, -0.15) is 0 Å². The molecule has 1 aliphatic rings. The lowest BCUT2D eigenvalue weighted by molar-refractivity contribution is -0.132. The molecular formula is C20H18N4O4S. The molecule has 3 N–H and O–H groups in total. The van der Waals surface area contributed by atoms with E-state index in [9.17, 15) is 14.7 Å². The Balaban J connectivity index is 1.64. The molecule has 0 fully saturated rings. The number of aliphatic hydroxyl groups is 1. The summed E-state index contributed by atoms with van der Waals surface area (Å²) in [5.41, 5.74) is 1.89. The average molecular weight is 410 g/mol. The van der Waals surface area contributed by atoms with Gasteiger partial charge in [0.15, 0.2) is 0 Å². The third kappa shape index (κ3) is 3.82. The van der Waals surface area contributed by atoms with Crippen LogP contribution in [0.25, 0.3) is 10.2 Å². The van der Waals surface area contributed by atoms with Crippen LogP contribution in [0.1, 0.15) is 22.0 Å². The van der Waals surface area contributed by atoms with Gasteiger partial charge in [-0.3, -0.25) is 4.79 Å². The molecule has 1 amide bonds. The number of carbonyl (C=O) groups excluding carboxylic acids is 1. The van der Waals surface area contributed by atoms with E-state index in [1.54, 1.807) is 4.90 Å². The molecule has 0 aliphatic carbocycles. The number of carboxylic acid groups (broad SMARTS) is 1. The van der Waals surface area contributed by atoms with Crippen LogP contribution in [0.5, 0.6) is 0 Å². The molecule has 2 aromatic heterocycles. The Hall–Kier alpha value is -3.30. The number of aromatic nitrogens is 2. The zero-order valence-electron chi connectivity index (χ0n) is 15.3. The van der Waals surface area contributed by atoms with E-state index in [1.165, 1.54) is 17.7 Å². The number of thiophene rings is 1. The summed E-state index contributed by atoms with van der Waals surface area (Å²) >= 11 is 1.49. The number of fused-ring (bicyclic) bond motifs is 3. The van der Waals surface area contributed by atoms with E-state index in [0.29, 0.717) is 18.9 Å². The van der Waals surface area contributed by atoms with E-state index in [1.807, 2.05) is 30.3 Å². The molecule has 0 radical (unpaired) electrons. The Morgan fingerprint density at radius 1 is 1.21 bits per heavy atom. The summed E-state index contributed by atoms with van der Waals surface area (Å²) in [7, 11) is 0. The van der Waals surface area contributed by atoms with Crippen molar-refractivity contribution in [3.05, 3.63) is 64.8 Å². The minimum atomic E-state index is -1.16. The Kier molecular flexibility index (Phi) is 5.24. The van der Waals surface area contributed by atoms with Crippen LogP contribution in [0.2, 0.25) is 0 Å². The molecule has 9 heteroatoms. The maximum Gasteiger partial charge on any atom is 0.328 e. The first-order valence-corrected chi connectivity index (χ1v) is 9.76. The van der Waals surface area contributed by atoms with E-state index in [4.69, 9.17) is 5.11 Å². The second kappa shape index (κ2) is 7.98. The third-order valence-electron chi connectivity index (χ3n) is 4.73. The zero-order chi connectivity index (χ0) is 20.4. The van der Waals surface area contributed by atoms with Crippen LogP contribution >= 0.6 is 11.3 Å². The van der Waals surface area contributed by atoms with Gasteiger partial charge in [0.25, 0.3) is 0 Å². The van der Waals surface area contributed by atoms with Gasteiger partial charge in [0, 0.05) is 29.1 Å². The van der Waals surface area contributed by atoms with Gasteiger partial charge in [0.1, 0.15) is 17.0 Å². The van der Waals surface area contributed by atoms with Crippen molar-refractivity contribution in [2.24, 2.45) is 0 Å². The van der Waals surface area contributed by atoms with Crippen LogP contribution in [0.4, 0.5) is 5.82 Å². The van der Waals surface area contributed by atoms with Gasteiger partial charge in [0.05, 0.1) is 24.6 Å². The molecule has 1 aliphatic heterocycles. The molecule has 8 nitrogen and oxygen atoms in total. The van der Waals surface area contributed by atoms with Crippen LogP contribution < -0.4 is 5.32 Å². The van der Waals surface area contributed by atoms with Crippen molar-refractivity contribution in [1.29, 1.82) is 0 Å². The van der Waals surface area contributed by atoms with Gasteiger partial charge in [-0.25, -0.2) is 14.8 Å². The van der Waals surface area contributed by atoms with Crippen molar-refractivity contribution in [1.82, 2.24) is 14.9 Å². The number of nitrogens with one attached hydrogen (secondary N) is 1. The van der Waals surface area contributed by atoms with Crippen molar-refractivity contribution in [3.63, 3.8) is 0 Å². The maximum absolute atomic E-state index is 12.2. The zero-order valence-corrected chi connectivity index (χ0v) is 16.1. The average Bonchev–Trinajstić information content (AvgIpc) is 3.29. The van der Waals surface area contributed by atoms with Gasteiger partial charge in [-0.1, -0.05) is 30.3 Å². The second-order valence-electron chi connectivity index (χ2n) is 6.56. The van der Waals surface area contributed by atoms with Crippen LogP contribution in [-0.4, -0.2) is 43.6 Å². The fraction of sp³-hybridized carbons (Fsp3) is 0.200. The monoisotopic (exact) mass is 410 g/mol. The fourth-order valence-corrected chi connectivity index (χ4v) is 4.51. The van der Waals surface area contributed by atoms with Gasteiger partial charge < -0.3 is 20.4 Å². The number of hydrogen-bond acceptors (Lipinski definition) is 7. The number of amides is 1. The quantitative estimate of drug-likeness (QED) is 0.534. The first-order chi connectivity index (χ1) is 14.1. The maximum atomic E-state index is 12.2. The molecule has 0 saturated carbocycles. The van der Waals surface area contributed by atoms with Crippen molar-refractivity contribution in [3.8, 4) is 0 Å². The lowest BCUT2D eigenvalue weighted by Gasteiger charge is -2.18. The first-order valence-electron chi connectivity index (χ1n) is 8.94. The van der Waals surface area contributed by atoms with Crippen LogP contribution in [0.3, 0.4) is 0 Å². The van der Waals surface area contributed by atoms with E-state index < -0.39 is 5.97 Å². The molecule has 0 saturated heterocycles. The molecule has 29 heavy (non-hydrogen) atoms. The Bertz CT molecular complexity index is 1100. The highest BCUT2D eigenvalue weighted by Gasteiger charge is 2.29.